The van der Waals surface area contributed by atoms with Crippen LogP contribution in [0.25, 0.3) is 0 Å². The second-order valence-corrected chi connectivity index (χ2v) is 2.94. The molecule has 0 N–H and O–H groups in total. The lowest BCUT2D eigenvalue weighted by Crippen LogP contribution is -2.39. The minimum atomic E-state index is 0.149. The Hall–Kier alpha value is -0.860. The number of hydrogen-bond donors (Lipinski definition) is 0. The molecule has 0 radical (unpaired) electrons. The van der Waals surface area contributed by atoms with Gasteiger partial charge in [-0.15, -0.1) is 0 Å². The van der Waals surface area contributed by atoms with Gasteiger partial charge in [0.05, 0.1) is 6.61 Å². The molecular weight excluding hydrogens is 152 g/mol. The highest BCUT2D eigenvalue weighted by atomic mass is 16.6. The molecule has 0 aliphatic carbocycles. The maximum absolute atomic E-state index is 5.40. The van der Waals surface area contributed by atoms with Crippen LogP contribution in [-0.4, -0.2) is 19.8 Å². The van der Waals surface area contributed by atoms with E-state index < -0.39 is 0 Å². The van der Waals surface area contributed by atoms with E-state index in [9.17, 15) is 0 Å². The number of rotatable bonds is 2. The summed E-state index contributed by atoms with van der Waals surface area (Å²) in [5.74, 6) is 0. The fourth-order valence-corrected chi connectivity index (χ4v) is 1.42. The van der Waals surface area contributed by atoms with E-state index in [4.69, 9.17) is 9.47 Å². The lowest BCUT2D eigenvalue weighted by atomic mass is 10.0. The maximum atomic E-state index is 5.40. The predicted octanol–water partition coefficient (Wildman–Crippen LogP) is 1.77. The molecule has 12 heavy (non-hydrogen) atoms. The Morgan fingerprint density at radius 3 is 2.58 bits per heavy atom. The van der Waals surface area contributed by atoms with Gasteiger partial charge in [-0.1, -0.05) is 30.3 Å². The second-order valence-electron chi connectivity index (χ2n) is 2.94. The molecule has 2 atom stereocenters. The van der Waals surface area contributed by atoms with Crippen molar-refractivity contribution in [3.8, 4) is 0 Å². The van der Waals surface area contributed by atoms with E-state index in [0.717, 1.165) is 6.61 Å². The first-order valence-corrected chi connectivity index (χ1v) is 4.11. The largest absolute Gasteiger partial charge is 0.376 e. The Morgan fingerprint density at radius 2 is 2.08 bits per heavy atom. The summed E-state index contributed by atoms with van der Waals surface area (Å²) >= 11 is 0. The first-order chi connectivity index (χ1) is 5.92. The van der Waals surface area contributed by atoms with Gasteiger partial charge in [0.2, 0.25) is 0 Å². The standard InChI is InChI=1S/C10H12O2/c1-11-9-7-12-10(9)8-5-3-2-4-6-8/h2-6,9-10H,7H2,1H3/t9-,10?/m0/s1. The van der Waals surface area contributed by atoms with Crippen LogP contribution in [0, 0.1) is 0 Å². The van der Waals surface area contributed by atoms with Gasteiger partial charge in [0.1, 0.15) is 12.2 Å². The Labute approximate surface area is 72.1 Å². The molecule has 0 bridgehead atoms. The van der Waals surface area contributed by atoms with Crippen LogP contribution in [0.1, 0.15) is 11.7 Å². The zero-order valence-electron chi connectivity index (χ0n) is 7.07. The molecule has 64 valence electrons. The van der Waals surface area contributed by atoms with E-state index in [-0.39, 0.29) is 12.2 Å². The summed E-state index contributed by atoms with van der Waals surface area (Å²) < 4.78 is 10.6. The van der Waals surface area contributed by atoms with Gasteiger partial charge in [-0.05, 0) is 5.56 Å². The fraction of sp³-hybridized carbons (Fsp3) is 0.400. The van der Waals surface area contributed by atoms with Crippen molar-refractivity contribution in [3.05, 3.63) is 35.9 Å². The Kier molecular flexibility index (Phi) is 2.11. The minimum absolute atomic E-state index is 0.149. The smallest absolute Gasteiger partial charge is 0.111 e. The molecule has 1 heterocycles. The van der Waals surface area contributed by atoms with Crippen molar-refractivity contribution in [2.75, 3.05) is 13.7 Å². The van der Waals surface area contributed by atoms with Crippen molar-refractivity contribution >= 4 is 0 Å². The average molecular weight is 164 g/mol. The second kappa shape index (κ2) is 3.25. The molecule has 1 saturated heterocycles. The molecule has 1 aliphatic heterocycles. The number of hydrogen-bond acceptors (Lipinski definition) is 2. The van der Waals surface area contributed by atoms with Gasteiger partial charge >= 0.3 is 0 Å². The van der Waals surface area contributed by atoms with Crippen molar-refractivity contribution in [1.29, 1.82) is 0 Å². The van der Waals surface area contributed by atoms with E-state index in [0.29, 0.717) is 0 Å². The van der Waals surface area contributed by atoms with E-state index in [1.165, 1.54) is 5.56 Å². The summed E-state index contributed by atoms with van der Waals surface area (Å²) in [7, 11) is 1.73. The lowest BCUT2D eigenvalue weighted by Gasteiger charge is -2.35. The Morgan fingerprint density at radius 1 is 1.33 bits per heavy atom. The van der Waals surface area contributed by atoms with Gasteiger partial charge in [0.25, 0.3) is 0 Å². The molecule has 2 rings (SSSR count). The van der Waals surface area contributed by atoms with Crippen molar-refractivity contribution in [3.63, 3.8) is 0 Å². The van der Waals surface area contributed by atoms with Gasteiger partial charge in [-0.3, -0.25) is 0 Å². The highest BCUT2D eigenvalue weighted by molar-refractivity contribution is 5.20. The molecular formula is C10H12O2. The molecule has 0 saturated carbocycles. The van der Waals surface area contributed by atoms with E-state index in [1.807, 2.05) is 18.2 Å². The van der Waals surface area contributed by atoms with Crippen LogP contribution in [-0.2, 0) is 9.47 Å². The molecule has 0 aromatic heterocycles. The SMILES string of the molecule is CO[C@H]1COC1c1ccccc1. The summed E-state index contributed by atoms with van der Waals surface area (Å²) in [6, 6.07) is 10.2. The summed E-state index contributed by atoms with van der Waals surface area (Å²) in [5, 5.41) is 0. The molecule has 2 heteroatoms. The molecule has 0 spiro atoms. The quantitative estimate of drug-likeness (QED) is 0.663. The number of methoxy groups -OCH3 is 1. The van der Waals surface area contributed by atoms with Crippen molar-refractivity contribution in [2.24, 2.45) is 0 Å². The van der Waals surface area contributed by atoms with Gasteiger partial charge in [0.15, 0.2) is 0 Å². The van der Waals surface area contributed by atoms with Crippen molar-refractivity contribution in [2.45, 2.75) is 12.2 Å². The third-order valence-corrected chi connectivity index (χ3v) is 2.21. The summed E-state index contributed by atoms with van der Waals surface area (Å²) in [6.07, 6.45) is 0.392. The monoisotopic (exact) mass is 164 g/mol. The average Bonchev–Trinajstić information content (AvgIpc) is 2.05. The predicted molar refractivity (Wildman–Crippen MR) is 45.9 cm³/mol. The van der Waals surface area contributed by atoms with Crippen LogP contribution < -0.4 is 0 Å². The van der Waals surface area contributed by atoms with E-state index >= 15 is 0 Å². The number of ether oxygens (including phenoxy) is 2. The molecule has 1 aromatic carbocycles. The summed E-state index contributed by atoms with van der Waals surface area (Å²) in [4.78, 5) is 0. The molecule has 1 aromatic rings. The van der Waals surface area contributed by atoms with Gasteiger partial charge < -0.3 is 9.47 Å². The molecule has 2 nitrogen and oxygen atoms in total. The van der Waals surface area contributed by atoms with Crippen LogP contribution in [0.5, 0.6) is 0 Å². The topological polar surface area (TPSA) is 18.5 Å². The third-order valence-electron chi connectivity index (χ3n) is 2.21. The molecule has 1 fully saturated rings. The van der Waals surface area contributed by atoms with Gasteiger partial charge in [-0.25, -0.2) is 0 Å². The fourth-order valence-electron chi connectivity index (χ4n) is 1.42. The maximum Gasteiger partial charge on any atom is 0.111 e. The first-order valence-electron chi connectivity index (χ1n) is 4.11. The highest BCUT2D eigenvalue weighted by Crippen LogP contribution is 2.31. The Balaban J connectivity index is 2.11. The normalized spacial score (nSPS) is 28.1. The van der Waals surface area contributed by atoms with Crippen LogP contribution in [0.4, 0.5) is 0 Å². The van der Waals surface area contributed by atoms with E-state index in [2.05, 4.69) is 12.1 Å². The summed E-state index contributed by atoms with van der Waals surface area (Å²) in [6.45, 7) is 0.718. The third kappa shape index (κ3) is 1.24. The van der Waals surface area contributed by atoms with Crippen LogP contribution in [0.3, 0.4) is 0 Å². The van der Waals surface area contributed by atoms with Crippen LogP contribution in [0.15, 0.2) is 30.3 Å². The molecule has 1 aliphatic rings. The number of benzene rings is 1. The van der Waals surface area contributed by atoms with Crippen molar-refractivity contribution < 1.29 is 9.47 Å². The van der Waals surface area contributed by atoms with E-state index in [1.54, 1.807) is 7.11 Å². The summed E-state index contributed by atoms with van der Waals surface area (Å²) in [5.41, 5.74) is 1.20. The first kappa shape index (κ1) is 7.77. The van der Waals surface area contributed by atoms with Crippen LogP contribution >= 0.6 is 0 Å². The van der Waals surface area contributed by atoms with Crippen molar-refractivity contribution in [1.82, 2.24) is 0 Å². The Bertz CT molecular complexity index is 243. The zero-order chi connectivity index (χ0) is 8.39. The van der Waals surface area contributed by atoms with Gasteiger partial charge in [-0.2, -0.15) is 0 Å². The van der Waals surface area contributed by atoms with Gasteiger partial charge in [0, 0.05) is 7.11 Å². The molecule has 1 unspecified atom stereocenters. The highest BCUT2D eigenvalue weighted by Gasteiger charge is 2.32. The van der Waals surface area contributed by atoms with Crippen LogP contribution in [0.2, 0.25) is 0 Å². The minimum Gasteiger partial charge on any atom is -0.376 e. The zero-order valence-corrected chi connectivity index (χ0v) is 7.07. The molecule has 0 amide bonds. The lowest BCUT2D eigenvalue weighted by molar-refractivity contribution is -0.179.